The van der Waals surface area contributed by atoms with Gasteiger partial charge in [-0.15, -0.1) is 0 Å². The van der Waals surface area contributed by atoms with Gasteiger partial charge in [-0.05, 0) is 11.5 Å². The van der Waals surface area contributed by atoms with E-state index in [0.29, 0.717) is 6.54 Å². The smallest absolute Gasteiger partial charge is 0.307 e. The molecule has 8 nitrogen and oxygen atoms in total. The van der Waals surface area contributed by atoms with E-state index in [0.717, 1.165) is 5.56 Å². The average Bonchev–Trinajstić information content (AvgIpc) is 2.85. The lowest BCUT2D eigenvalue weighted by atomic mass is 9.88. The molecule has 0 spiro atoms. The van der Waals surface area contributed by atoms with E-state index in [1.165, 1.54) is 0 Å². The predicted molar refractivity (Wildman–Crippen MR) is 91.5 cm³/mol. The molecule has 2 rings (SSSR count). The molecule has 0 aliphatic heterocycles. The van der Waals surface area contributed by atoms with Gasteiger partial charge in [0.25, 0.3) is 5.91 Å². The van der Waals surface area contributed by atoms with Crippen LogP contribution in [0.3, 0.4) is 0 Å². The van der Waals surface area contributed by atoms with Crippen LogP contribution < -0.4 is 5.32 Å². The van der Waals surface area contributed by atoms with Crippen LogP contribution in [0.4, 0.5) is 0 Å². The summed E-state index contributed by atoms with van der Waals surface area (Å²) in [6, 6.07) is 9.28. The van der Waals surface area contributed by atoms with E-state index >= 15 is 0 Å². The highest BCUT2D eigenvalue weighted by Crippen LogP contribution is 2.36. The molecule has 140 valence electrons. The van der Waals surface area contributed by atoms with Crippen LogP contribution >= 0.6 is 0 Å². The van der Waals surface area contributed by atoms with Gasteiger partial charge in [0.1, 0.15) is 5.78 Å². The topological polar surface area (TPSA) is 116 Å². The summed E-state index contributed by atoms with van der Waals surface area (Å²) in [5, 5.41) is 13.4. The third-order valence-corrected chi connectivity index (χ3v) is 4.63. The summed E-state index contributed by atoms with van der Waals surface area (Å²) >= 11 is 0. The number of carbonyl (C=O) groups is 3. The number of benzene rings is 1. The van der Waals surface area contributed by atoms with E-state index in [1.54, 1.807) is 6.92 Å². The molecule has 0 saturated heterocycles. The van der Waals surface area contributed by atoms with Gasteiger partial charge in [0, 0.05) is 29.7 Å². The Morgan fingerprint density at radius 3 is 2.65 bits per heavy atom. The van der Waals surface area contributed by atoms with Gasteiger partial charge in [0.15, 0.2) is 6.61 Å². The first-order valence-electron chi connectivity index (χ1n) is 8.47. The van der Waals surface area contributed by atoms with E-state index in [9.17, 15) is 24.5 Å². The van der Waals surface area contributed by atoms with Crippen molar-refractivity contribution in [1.29, 1.82) is 0 Å². The van der Waals surface area contributed by atoms with Crippen molar-refractivity contribution in [2.24, 2.45) is 17.8 Å². The van der Waals surface area contributed by atoms with Crippen LogP contribution in [0.2, 0.25) is 0 Å². The Balaban J connectivity index is 1.77. The summed E-state index contributed by atoms with van der Waals surface area (Å²) in [6.45, 7) is 1.31. The molecular weight excluding hydrogens is 340 g/mol. The molecule has 1 aliphatic rings. The Hall–Kier alpha value is -2.77. The van der Waals surface area contributed by atoms with E-state index < -0.39 is 35.2 Å². The molecule has 1 aromatic carbocycles. The number of esters is 1. The third kappa shape index (κ3) is 5.65. The predicted octanol–water partition coefficient (Wildman–Crippen LogP) is 1.35. The Morgan fingerprint density at radius 2 is 2.00 bits per heavy atom. The van der Waals surface area contributed by atoms with Crippen LogP contribution in [-0.4, -0.2) is 35.7 Å². The summed E-state index contributed by atoms with van der Waals surface area (Å²) in [6.07, 6.45) is 0.00165. The van der Waals surface area contributed by atoms with Gasteiger partial charge in [0.2, 0.25) is 6.54 Å². The second-order valence-electron chi connectivity index (χ2n) is 6.56. The lowest BCUT2D eigenvalue weighted by molar-refractivity contribution is -0.490. The Labute approximate surface area is 151 Å². The van der Waals surface area contributed by atoms with Crippen LogP contribution in [0.15, 0.2) is 30.3 Å². The number of amides is 1. The summed E-state index contributed by atoms with van der Waals surface area (Å²) in [7, 11) is 0. The quantitative estimate of drug-likeness (QED) is 0.424. The number of ether oxygens (including phenoxy) is 1. The van der Waals surface area contributed by atoms with Gasteiger partial charge in [0.05, 0.1) is 6.42 Å². The Kier molecular flexibility index (Phi) is 6.82. The maximum atomic E-state index is 12.0. The van der Waals surface area contributed by atoms with Crippen molar-refractivity contribution < 1.29 is 24.0 Å². The number of ketones is 1. The van der Waals surface area contributed by atoms with Crippen LogP contribution in [0.5, 0.6) is 0 Å². The molecule has 0 heterocycles. The van der Waals surface area contributed by atoms with Gasteiger partial charge < -0.3 is 10.1 Å². The number of carbonyl (C=O) groups excluding carboxylic acids is 3. The molecule has 8 heteroatoms. The zero-order valence-corrected chi connectivity index (χ0v) is 14.6. The van der Waals surface area contributed by atoms with Gasteiger partial charge in [-0.1, -0.05) is 37.3 Å². The maximum absolute atomic E-state index is 12.0. The van der Waals surface area contributed by atoms with E-state index in [2.05, 4.69) is 5.32 Å². The van der Waals surface area contributed by atoms with Crippen molar-refractivity contribution in [2.75, 3.05) is 13.2 Å². The maximum Gasteiger partial charge on any atom is 0.307 e. The number of nitrogens with zero attached hydrogens (tertiary/aromatic N) is 1. The van der Waals surface area contributed by atoms with E-state index in [4.69, 9.17) is 4.74 Å². The molecule has 0 radical (unpaired) electrons. The van der Waals surface area contributed by atoms with Gasteiger partial charge in [-0.25, -0.2) is 0 Å². The second kappa shape index (κ2) is 9.07. The summed E-state index contributed by atoms with van der Waals surface area (Å²) in [5.41, 5.74) is 0.917. The highest BCUT2D eigenvalue weighted by atomic mass is 16.6. The zero-order valence-electron chi connectivity index (χ0n) is 14.6. The van der Waals surface area contributed by atoms with Crippen molar-refractivity contribution >= 4 is 17.7 Å². The average molecular weight is 362 g/mol. The number of hydrogen-bond acceptors (Lipinski definition) is 6. The van der Waals surface area contributed by atoms with Crippen LogP contribution in [-0.2, 0) is 25.7 Å². The molecule has 26 heavy (non-hydrogen) atoms. The monoisotopic (exact) mass is 362 g/mol. The molecule has 1 saturated carbocycles. The summed E-state index contributed by atoms with van der Waals surface area (Å²) in [4.78, 5) is 46.0. The van der Waals surface area contributed by atoms with E-state index in [1.807, 2.05) is 30.3 Å². The van der Waals surface area contributed by atoms with Crippen molar-refractivity contribution in [3.05, 3.63) is 46.0 Å². The fraction of sp³-hybridized carbons (Fsp3) is 0.500. The lowest BCUT2D eigenvalue weighted by Gasteiger charge is -2.17. The molecule has 1 fully saturated rings. The Bertz CT molecular complexity index is 676. The zero-order chi connectivity index (χ0) is 19.1. The molecule has 0 bridgehead atoms. The van der Waals surface area contributed by atoms with Gasteiger partial charge in [-0.2, -0.15) is 0 Å². The Morgan fingerprint density at radius 1 is 1.31 bits per heavy atom. The summed E-state index contributed by atoms with van der Waals surface area (Å²) in [5.74, 6) is -2.63. The van der Waals surface area contributed by atoms with Gasteiger partial charge in [-0.3, -0.25) is 24.5 Å². The van der Waals surface area contributed by atoms with Crippen LogP contribution in [0.25, 0.3) is 0 Å². The molecule has 1 aromatic rings. The fourth-order valence-electron chi connectivity index (χ4n) is 3.23. The molecule has 1 N–H and O–H groups in total. The molecular formula is C18H22N2O6. The highest BCUT2D eigenvalue weighted by Gasteiger charge is 2.44. The number of rotatable bonds is 8. The minimum absolute atomic E-state index is 0.139. The van der Waals surface area contributed by atoms with Crippen molar-refractivity contribution in [1.82, 2.24) is 5.32 Å². The lowest BCUT2D eigenvalue weighted by Crippen LogP contribution is -2.30. The van der Waals surface area contributed by atoms with Gasteiger partial charge >= 0.3 is 5.97 Å². The largest absolute Gasteiger partial charge is 0.456 e. The van der Waals surface area contributed by atoms with Crippen LogP contribution in [0.1, 0.15) is 25.3 Å². The molecule has 3 atom stereocenters. The standard InChI is InChI=1S/C18H22N2O6/c1-12-7-16(21)14(15(12)10-20(24)25)8-18(23)26-11-17(22)19-9-13-5-3-2-4-6-13/h2-6,12,14-15H,7-11H2,1H3,(H,19,22)/t12-,14+,15+/m0/s1. The first kappa shape index (κ1) is 19.6. The SMILES string of the molecule is C[C@H]1CC(=O)[C@H](CC(=O)OCC(=O)NCc2ccccc2)[C@@H]1C[N+](=O)[O-]. The molecule has 1 amide bonds. The summed E-state index contributed by atoms with van der Waals surface area (Å²) < 4.78 is 4.92. The third-order valence-electron chi connectivity index (χ3n) is 4.63. The normalized spacial score (nSPS) is 22.0. The fourth-order valence-corrected chi connectivity index (χ4v) is 3.23. The van der Waals surface area contributed by atoms with Crippen molar-refractivity contribution in [3.63, 3.8) is 0 Å². The van der Waals surface area contributed by atoms with E-state index in [-0.39, 0.29) is 31.1 Å². The number of nitrogens with one attached hydrogen (secondary N) is 1. The molecule has 0 aromatic heterocycles. The minimum atomic E-state index is -0.713. The number of nitro groups is 1. The number of hydrogen-bond donors (Lipinski definition) is 1. The minimum Gasteiger partial charge on any atom is -0.456 e. The molecule has 1 aliphatic carbocycles. The van der Waals surface area contributed by atoms with Crippen molar-refractivity contribution in [2.45, 2.75) is 26.3 Å². The first-order valence-corrected chi connectivity index (χ1v) is 8.47. The number of Topliss-reactive ketones (excluding diaryl/α,β-unsaturated/α-hetero) is 1. The van der Waals surface area contributed by atoms with Crippen LogP contribution in [0, 0.1) is 27.9 Å². The highest BCUT2D eigenvalue weighted by molar-refractivity contribution is 5.88. The molecule has 0 unspecified atom stereocenters. The first-order chi connectivity index (χ1) is 12.4. The van der Waals surface area contributed by atoms with Crippen molar-refractivity contribution in [3.8, 4) is 0 Å². The second-order valence-corrected chi connectivity index (χ2v) is 6.56.